The summed E-state index contributed by atoms with van der Waals surface area (Å²) in [5.41, 5.74) is 3.75. The molecule has 0 N–H and O–H groups in total. The summed E-state index contributed by atoms with van der Waals surface area (Å²) < 4.78 is 1.31. The fourth-order valence-corrected chi connectivity index (χ4v) is 2.73. The third kappa shape index (κ3) is 3.49. The Morgan fingerprint density at radius 1 is 1.11 bits per heavy atom. The van der Waals surface area contributed by atoms with Crippen LogP contribution in [0.1, 0.15) is 18.9 Å². The first-order valence-electron chi connectivity index (χ1n) is 6.00. The van der Waals surface area contributed by atoms with E-state index in [0.717, 1.165) is 6.42 Å². The maximum atomic E-state index is 11.1. The number of hydrogen-bond acceptors (Lipinski definition) is 1. The molecule has 0 aliphatic heterocycles. The number of carbonyl (C=O) groups is 1. The molecular formula is C16H15AtO. The summed E-state index contributed by atoms with van der Waals surface area (Å²) in [5.74, 6) is 0.247. The Hall–Kier alpha value is -1.01. The molecule has 0 aliphatic rings. The standard InChI is InChI=1S/C16H15AtO/c1-12(18)9-10-13-5-2-3-8-16(13)14-6-4-7-15(17)11-14/h2-8,11H,9-10H2,1H3. The molecule has 0 amide bonds. The minimum atomic E-state index is 0.247. The van der Waals surface area contributed by atoms with Gasteiger partial charge >= 0.3 is 124 Å². The van der Waals surface area contributed by atoms with Crippen LogP contribution >= 0.6 is 0 Å². The van der Waals surface area contributed by atoms with Gasteiger partial charge in [-0.1, -0.05) is 0 Å². The molecule has 0 aromatic heterocycles. The molecule has 1 nitrogen and oxygen atoms in total. The Morgan fingerprint density at radius 2 is 1.89 bits per heavy atom. The fourth-order valence-electron chi connectivity index (χ4n) is 1.99. The van der Waals surface area contributed by atoms with E-state index < -0.39 is 0 Å². The Morgan fingerprint density at radius 3 is 2.61 bits per heavy atom. The van der Waals surface area contributed by atoms with E-state index in [0.29, 0.717) is 6.42 Å². The molecule has 2 aromatic carbocycles. The van der Waals surface area contributed by atoms with Crippen molar-refractivity contribution in [2.24, 2.45) is 0 Å². The number of ketones is 1. The molecule has 0 unspecified atom stereocenters. The van der Waals surface area contributed by atoms with E-state index in [4.69, 9.17) is 0 Å². The van der Waals surface area contributed by atoms with Crippen molar-refractivity contribution in [1.82, 2.24) is 0 Å². The molecule has 0 saturated heterocycles. The van der Waals surface area contributed by atoms with Crippen molar-refractivity contribution < 1.29 is 29.5 Å². The van der Waals surface area contributed by atoms with Crippen molar-refractivity contribution in [2.75, 3.05) is 0 Å². The van der Waals surface area contributed by atoms with Crippen LogP contribution in [0.15, 0.2) is 48.5 Å². The normalized spacial score (nSPS) is 10.3. The number of rotatable bonds is 4. The van der Waals surface area contributed by atoms with Crippen LogP contribution in [0.4, 0.5) is 0 Å². The van der Waals surface area contributed by atoms with Crippen molar-refractivity contribution >= 4 is 9.05 Å². The van der Waals surface area contributed by atoms with Crippen LogP contribution in [-0.2, 0) is 11.2 Å². The van der Waals surface area contributed by atoms with Gasteiger partial charge in [-0.3, -0.25) is 0 Å². The van der Waals surface area contributed by atoms with E-state index in [2.05, 4.69) is 42.5 Å². The quantitative estimate of drug-likeness (QED) is 0.725. The predicted octanol–water partition coefficient (Wildman–Crippen LogP) is 3.05. The molecule has 0 atom stereocenters. The third-order valence-corrected chi connectivity index (χ3v) is 3.81. The summed E-state index contributed by atoms with van der Waals surface area (Å²) in [4.78, 5) is 11.1. The van der Waals surface area contributed by atoms with Crippen LogP contribution in [0.2, 0.25) is 0 Å². The SMILES string of the molecule is CC(=O)CCc1ccccc1-c1cccc([At])c1. The Kier molecular flexibility index (Phi) is 4.66. The molecule has 0 radical (unpaired) electrons. The van der Waals surface area contributed by atoms with E-state index in [9.17, 15) is 4.79 Å². The van der Waals surface area contributed by atoms with E-state index in [-0.39, 0.29) is 5.78 Å². The number of aryl methyl sites for hydroxylation is 1. The number of benzene rings is 2. The molecule has 0 fully saturated rings. The average Bonchev–Trinajstić information content (AvgIpc) is 2.36. The van der Waals surface area contributed by atoms with Crippen molar-refractivity contribution in [1.29, 1.82) is 0 Å². The van der Waals surface area contributed by atoms with Gasteiger partial charge in [0.25, 0.3) is 0 Å². The summed E-state index contributed by atoms with van der Waals surface area (Å²) in [6.07, 6.45) is 1.44. The van der Waals surface area contributed by atoms with Gasteiger partial charge in [0.15, 0.2) is 0 Å². The van der Waals surface area contributed by atoms with E-state index >= 15 is 0 Å². The van der Waals surface area contributed by atoms with Gasteiger partial charge in [-0.25, -0.2) is 0 Å². The molecule has 0 bridgehead atoms. The first kappa shape index (κ1) is 13.4. The Labute approximate surface area is 123 Å². The molecular weight excluding hydrogens is 418 g/mol. The van der Waals surface area contributed by atoms with Crippen molar-refractivity contribution in [3.63, 3.8) is 0 Å². The Balaban J connectivity index is 2.35. The van der Waals surface area contributed by atoms with Gasteiger partial charge < -0.3 is 0 Å². The molecule has 18 heavy (non-hydrogen) atoms. The van der Waals surface area contributed by atoms with Gasteiger partial charge in [0.2, 0.25) is 0 Å². The second-order valence-corrected chi connectivity index (χ2v) is 6.07. The van der Waals surface area contributed by atoms with Gasteiger partial charge in [-0.05, 0) is 0 Å². The van der Waals surface area contributed by atoms with Crippen molar-refractivity contribution in [2.45, 2.75) is 19.8 Å². The summed E-state index contributed by atoms with van der Waals surface area (Å²) in [5, 5.41) is 0. The van der Waals surface area contributed by atoms with Gasteiger partial charge in [0.1, 0.15) is 0 Å². The predicted molar refractivity (Wildman–Crippen MR) is 70.5 cm³/mol. The van der Waals surface area contributed by atoms with Gasteiger partial charge in [0, 0.05) is 0 Å². The first-order chi connectivity index (χ1) is 8.66. The van der Waals surface area contributed by atoms with E-state index in [1.165, 1.54) is 20.0 Å². The van der Waals surface area contributed by atoms with Crippen LogP contribution < -0.4 is 3.27 Å². The summed E-state index contributed by atoms with van der Waals surface area (Å²) >= 11 is 1.69. The van der Waals surface area contributed by atoms with Crippen LogP contribution in [-0.4, -0.2) is 5.78 Å². The monoisotopic (exact) mass is 433 g/mol. The van der Waals surface area contributed by atoms with Crippen LogP contribution in [0.5, 0.6) is 0 Å². The molecule has 0 heterocycles. The third-order valence-electron chi connectivity index (χ3n) is 2.90. The average molecular weight is 433 g/mol. The molecule has 0 spiro atoms. The van der Waals surface area contributed by atoms with E-state index in [1.54, 1.807) is 31.6 Å². The summed E-state index contributed by atoms with van der Waals surface area (Å²) in [7, 11) is 0. The topological polar surface area (TPSA) is 17.1 Å². The van der Waals surface area contributed by atoms with Gasteiger partial charge in [-0.15, -0.1) is 0 Å². The van der Waals surface area contributed by atoms with Gasteiger partial charge in [0.05, 0.1) is 0 Å². The number of Topliss-reactive ketones (excluding diaryl/α,β-unsaturated/α-hetero) is 1. The van der Waals surface area contributed by atoms with Crippen molar-refractivity contribution in [3.8, 4) is 11.1 Å². The minimum absolute atomic E-state index is 0.247. The zero-order valence-corrected chi connectivity index (χ0v) is 13.3. The Bertz CT molecular complexity index is 561. The number of carbonyl (C=O) groups excluding carboxylic acids is 1. The molecule has 2 heteroatoms. The van der Waals surface area contributed by atoms with E-state index in [1.807, 2.05) is 6.07 Å². The summed E-state index contributed by atoms with van der Waals surface area (Å²) in [6, 6.07) is 16.9. The van der Waals surface area contributed by atoms with Crippen molar-refractivity contribution in [3.05, 3.63) is 54.1 Å². The van der Waals surface area contributed by atoms with Gasteiger partial charge in [-0.2, -0.15) is 0 Å². The molecule has 2 rings (SSSR count). The fraction of sp³-hybridized carbons (Fsp3) is 0.188. The molecule has 92 valence electrons. The zero-order chi connectivity index (χ0) is 13.0. The molecule has 0 aliphatic carbocycles. The second kappa shape index (κ2) is 6.25. The first-order valence-corrected chi connectivity index (χ1v) is 7.47. The maximum absolute atomic E-state index is 11.1. The van der Waals surface area contributed by atoms with Crippen LogP contribution in [0.3, 0.4) is 0 Å². The zero-order valence-electron chi connectivity index (χ0n) is 10.3. The molecule has 0 saturated carbocycles. The number of hydrogen-bond donors (Lipinski definition) is 0. The van der Waals surface area contributed by atoms with Crippen LogP contribution in [0, 0.1) is 24.7 Å². The second-order valence-electron chi connectivity index (χ2n) is 4.37. The van der Waals surface area contributed by atoms with Crippen LogP contribution in [0.25, 0.3) is 11.1 Å². The molecule has 2 aromatic rings. The summed E-state index contributed by atoms with van der Waals surface area (Å²) in [6.45, 7) is 1.65.